The molecule has 20 heteroatoms. The van der Waals surface area contributed by atoms with Crippen molar-refractivity contribution in [2.45, 2.75) is 32.6 Å². The van der Waals surface area contributed by atoms with Crippen LogP contribution in [0.15, 0.2) is 43.0 Å². The molecule has 0 aliphatic carbocycles. The van der Waals surface area contributed by atoms with E-state index >= 15 is 0 Å². The monoisotopic (exact) mass is 747 g/mol. The Morgan fingerprint density at radius 1 is 0.556 bits per heavy atom. The molecule has 7 N–H and O–H groups in total. The first-order valence-electron chi connectivity index (χ1n) is 17.1. The summed E-state index contributed by atoms with van der Waals surface area (Å²) >= 11 is 0. The van der Waals surface area contributed by atoms with E-state index < -0.39 is 29.5 Å². The minimum atomic E-state index is -0.591. The fraction of sp³-hybridized carbons (Fsp3) is 0.382. The van der Waals surface area contributed by atoms with Crippen LogP contribution < -0.4 is 37.2 Å². The Balaban J connectivity index is 1.20. The number of nitrogens with one attached hydrogen (secondary N) is 7. The van der Waals surface area contributed by atoms with Crippen LogP contribution in [0.3, 0.4) is 0 Å². The van der Waals surface area contributed by atoms with Gasteiger partial charge in [-0.3, -0.25) is 33.6 Å². The van der Waals surface area contributed by atoms with Gasteiger partial charge < -0.3 is 55.5 Å². The molecule has 4 rings (SSSR count). The van der Waals surface area contributed by atoms with Crippen molar-refractivity contribution in [2.24, 2.45) is 28.2 Å². The van der Waals surface area contributed by atoms with E-state index in [0.29, 0.717) is 17.9 Å². The number of carbonyl (C=O) groups excluding carboxylic acids is 7. The first-order valence-corrected chi connectivity index (χ1v) is 17.1. The smallest absolute Gasteiger partial charge is 0.291 e. The summed E-state index contributed by atoms with van der Waals surface area (Å²) in [5.74, 6) is -2.58. The van der Waals surface area contributed by atoms with Crippen LogP contribution in [0.25, 0.3) is 0 Å². The van der Waals surface area contributed by atoms with Gasteiger partial charge >= 0.3 is 0 Å². The lowest BCUT2D eigenvalue weighted by Gasteiger charge is -2.06. The fourth-order valence-electron chi connectivity index (χ4n) is 5.11. The number of imidazole rings is 2. The van der Waals surface area contributed by atoms with Crippen LogP contribution in [-0.2, 0) is 42.6 Å². The topological polar surface area (TPSA) is 249 Å². The average Bonchev–Trinajstić information content (AvgIpc) is 3.89. The van der Waals surface area contributed by atoms with Gasteiger partial charge in [-0.1, -0.05) is 6.92 Å². The lowest BCUT2D eigenvalue weighted by Crippen LogP contribution is -2.32. The lowest BCUT2D eigenvalue weighted by atomic mass is 10.3. The Kier molecular flexibility index (Phi) is 13.8. The maximum atomic E-state index is 13.0. The summed E-state index contributed by atoms with van der Waals surface area (Å²) in [6, 6.07) is 4.87. The van der Waals surface area contributed by atoms with E-state index in [1.807, 2.05) is 6.92 Å². The largest absolute Gasteiger partial charge is 0.356 e. The van der Waals surface area contributed by atoms with Crippen molar-refractivity contribution in [2.75, 3.05) is 42.1 Å². The Morgan fingerprint density at radius 3 is 1.61 bits per heavy atom. The molecule has 0 aliphatic heterocycles. The summed E-state index contributed by atoms with van der Waals surface area (Å²) in [5.41, 5.74) is 0.982. The third-order valence-electron chi connectivity index (χ3n) is 7.85. The van der Waals surface area contributed by atoms with E-state index in [9.17, 15) is 33.6 Å². The van der Waals surface area contributed by atoms with Gasteiger partial charge in [-0.15, -0.1) is 0 Å². The van der Waals surface area contributed by atoms with Gasteiger partial charge in [0.2, 0.25) is 29.4 Å². The second-order valence-electron chi connectivity index (χ2n) is 12.3. The van der Waals surface area contributed by atoms with E-state index in [-0.39, 0.29) is 79.7 Å². The predicted molar refractivity (Wildman–Crippen MR) is 197 cm³/mol. The fourth-order valence-corrected chi connectivity index (χ4v) is 5.11. The lowest BCUT2D eigenvalue weighted by molar-refractivity contribution is -0.121. The highest BCUT2D eigenvalue weighted by atomic mass is 16.2. The van der Waals surface area contributed by atoms with Crippen LogP contribution in [0, 0.1) is 0 Å². The van der Waals surface area contributed by atoms with Crippen LogP contribution >= 0.6 is 0 Å². The van der Waals surface area contributed by atoms with Gasteiger partial charge in [0, 0.05) is 98.4 Å². The number of carbonyl (C=O) groups is 7. The van der Waals surface area contributed by atoms with Crippen molar-refractivity contribution in [3.05, 3.63) is 66.0 Å². The molecule has 4 aromatic heterocycles. The number of hydrogen-bond donors (Lipinski definition) is 7. The van der Waals surface area contributed by atoms with E-state index in [1.54, 1.807) is 51.1 Å². The van der Waals surface area contributed by atoms with Gasteiger partial charge in [0.25, 0.3) is 23.6 Å². The van der Waals surface area contributed by atoms with Crippen molar-refractivity contribution in [1.29, 1.82) is 0 Å². The number of anilines is 3. The minimum Gasteiger partial charge on any atom is -0.356 e. The zero-order chi connectivity index (χ0) is 39.4. The first kappa shape index (κ1) is 40.0. The summed E-state index contributed by atoms with van der Waals surface area (Å²) in [5, 5.41) is 18.6. The molecule has 4 aromatic rings. The molecule has 0 bridgehead atoms. The van der Waals surface area contributed by atoms with E-state index in [0.717, 1.165) is 6.42 Å². The van der Waals surface area contributed by atoms with Gasteiger partial charge in [0.15, 0.2) is 11.6 Å². The number of rotatable bonds is 18. The summed E-state index contributed by atoms with van der Waals surface area (Å²) in [6.07, 6.45) is 7.05. The molecule has 0 spiro atoms. The second kappa shape index (κ2) is 18.7. The van der Waals surface area contributed by atoms with Crippen LogP contribution in [0.1, 0.15) is 74.8 Å². The van der Waals surface area contributed by atoms with Gasteiger partial charge in [0.1, 0.15) is 11.4 Å². The molecule has 0 aromatic carbocycles. The van der Waals surface area contributed by atoms with Gasteiger partial charge in [-0.2, -0.15) is 0 Å². The second-order valence-corrected chi connectivity index (χ2v) is 12.3. The zero-order valence-corrected chi connectivity index (χ0v) is 30.7. The van der Waals surface area contributed by atoms with E-state index in [2.05, 4.69) is 47.2 Å². The Bertz CT molecular complexity index is 2020. The molecule has 0 fully saturated rings. The molecule has 288 valence electrons. The molecular formula is C34H45N13O7. The van der Waals surface area contributed by atoms with E-state index in [4.69, 9.17) is 0 Å². The molecule has 0 atom stereocenters. The zero-order valence-electron chi connectivity index (χ0n) is 30.7. The highest BCUT2D eigenvalue weighted by molar-refractivity contribution is 6.04. The Morgan fingerprint density at radius 2 is 1.07 bits per heavy atom. The quantitative estimate of drug-likeness (QED) is 0.0736. The minimum absolute atomic E-state index is 0.00400. The molecule has 0 aliphatic rings. The van der Waals surface area contributed by atoms with Crippen molar-refractivity contribution in [3.63, 3.8) is 0 Å². The van der Waals surface area contributed by atoms with Crippen molar-refractivity contribution < 1.29 is 33.6 Å². The number of aryl methyl sites for hydroxylation is 4. The molecule has 0 saturated heterocycles. The number of aromatic nitrogens is 6. The number of amides is 7. The molecule has 0 unspecified atom stereocenters. The molecule has 0 radical (unpaired) electrons. The Labute approximate surface area is 310 Å². The standard InChI is InChI=1S/C34H45N13O7/c1-6-12-35-26(48)9-13-38-33(53)29-42-24(19-46(29)4)40-28(50)11-15-37-32(52)23-17-21(18-45(23)3)39-34(54)30-43-25(20-47(30)5)41-27(49)10-14-36-31(51)22-8-7-16-44(22)2/h7-8,16-20H,6,9-15H2,1-5H3,(H,35,48)(H,36,51)(H,37,52)(H,38,53)(H,39,54)(H,40,50)(H,41,49). The average molecular weight is 748 g/mol. The van der Waals surface area contributed by atoms with Gasteiger partial charge in [0.05, 0.1) is 5.69 Å². The third-order valence-corrected chi connectivity index (χ3v) is 7.85. The third kappa shape index (κ3) is 11.1. The van der Waals surface area contributed by atoms with Crippen LogP contribution in [0.4, 0.5) is 17.3 Å². The number of nitrogens with zero attached hydrogens (tertiary/aromatic N) is 6. The van der Waals surface area contributed by atoms with Crippen LogP contribution in [-0.4, -0.2) is 95.8 Å². The molecule has 20 nitrogen and oxygen atoms in total. The maximum absolute atomic E-state index is 13.0. The highest BCUT2D eigenvalue weighted by Gasteiger charge is 2.20. The van der Waals surface area contributed by atoms with Crippen molar-refractivity contribution >= 4 is 58.7 Å². The molecule has 7 amide bonds. The van der Waals surface area contributed by atoms with Crippen molar-refractivity contribution in [1.82, 2.24) is 49.5 Å². The molecular weight excluding hydrogens is 702 g/mol. The molecule has 4 heterocycles. The summed E-state index contributed by atoms with van der Waals surface area (Å²) in [6.45, 7) is 2.72. The SMILES string of the molecule is CCCNC(=O)CCNC(=O)c1nc(NC(=O)CCNC(=O)c2cc(NC(=O)c3nc(NC(=O)CCNC(=O)c4cccn4C)cn3C)cn2C)cn1C. The highest BCUT2D eigenvalue weighted by Crippen LogP contribution is 2.16. The maximum Gasteiger partial charge on any atom is 0.291 e. The normalized spacial score (nSPS) is 10.7. The van der Waals surface area contributed by atoms with Crippen LogP contribution in [0.5, 0.6) is 0 Å². The summed E-state index contributed by atoms with van der Waals surface area (Å²) in [4.78, 5) is 95.6. The van der Waals surface area contributed by atoms with Crippen molar-refractivity contribution in [3.8, 4) is 0 Å². The van der Waals surface area contributed by atoms with Gasteiger partial charge in [-0.25, -0.2) is 9.97 Å². The first-order chi connectivity index (χ1) is 25.7. The summed E-state index contributed by atoms with van der Waals surface area (Å²) < 4.78 is 6.05. The van der Waals surface area contributed by atoms with E-state index in [1.165, 1.54) is 38.4 Å². The number of hydrogen-bond acceptors (Lipinski definition) is 9. The van der Waals surface area contributed by atoms with Crippen LogP contribution in [0.2, 0.25) is 0 Å². The Hall–Kier alpha value is -6.73. The predicted octanol–water partition coefficient (Wildman–Crippen LogP) is 0.246. The summed E-state index contributed by atoms with van der Waals surface area (Å²) in [7, 11) is 6.53. The van der Waals surface area contributed by atoms with Gasteiger partial charge in [-0.05, 0) is 24.6 Å². The molecule has 0 saturated carbocycles. The molecule has 54 heavy (non-hydrogen) atoms.